The van der Waals surface area contributed by atoms with Crippen molar-refractivity contribution in [2.24, 2.45) is 4.99 Å². The van der Waals surface area contributed by atoms with Crippen LogP contribution in [0.5, 0.6) is 0 Å². The van der Waals surface area contributed by atoms with Gasteiger partial charge in [0.05, 0.1) is 0 Å². The van der Waals surface area contributed by atoms with Gasteiger partial charge in [0, 0.05) is 21.7 Å². The molecule has 4 heteroatoms. The van der Waals surface area contributed by atoms with Gasteiger partial charge in [0.2, 0.25) is 0 Å². The molecule has 1 aliphatic heterocycles. The van der Waals surface area contributed by atoms with Crippen LogP contribution >= 0.6 is 0 Å². The Kier molecular flexibility index (Phi) is 7.67. The summed E-state index contributed by atoms with van der Waals surface area (Å²) in [5.41, 5.74) is 12.2. The summed E-state index contributed by atoms with van der Waals surface area (Å²) < 4.78 is 6.65. The Hall–Kier alpha value is -6.75. The van der Waals surface area contributed by atoms with E-state index in [0.717, 1.165) is 66.5 Å². The topological polar surface area (TPSA) is 49.6 Å². The molecule has 0 saturated heterocycles. The standard InChI is InChI=1S/C49H35N3O/c1-4-13-33(14-5-1)43-31-44-41-28-27-39(30-45(41)53-46(44)42-22-11-10-21-40(42)43)38-20-12-19-37(29-38)32-23-25-36(26-24-32)49-51-47(34-15-6-2-7-16-34)50-48(52-49)35-17-8-3-9-18-35/h1-31,47-48,50H,(H,51,52). The number of fused-ring (bicyclic) bond motifs is 5. The van der Waals surface area contributed by atoms with Crippen molar-refractivity contribution in [1.29, 1.82) is 0 Å². The lowest BCUT2D eigenvalue weighted by atomic mass is 9.95. The summed E-state index contributed by atoms with van der Waals surface area (Å²) in [7, 11) is 0. The fourth-order valence-corrected chi connectivity index (χ4v) is 7.66. The Bertz CT molecular complexity index is 2770. The van der Waals surface area contributed by atoms with E-state index in [0.29, 0.717) is 0 Å². The fraction of sp³-hybridized carbons (Fsp3) is 0.0408. The molecule has 0 fully saturated rings. The highest BCUT2D eigenvalue weighted by molar-refractivity contribution is 6.19. The largest absolute Gasteiger partial charge is 0.455 e. The highest BCUT2D eigenvalue weighted by Crippen LogP contribution is 2.41. The van der Waals surface area contributed by atoms with Gasteiger partial charge in [0.1, 0.15) is 29.3 Å². The lowest BCUT2D eigenvalue weighted by Gasteiger charge is -2.32. The summed E-state index contributed by atoms with van der Waals surface area (Å²) in [6.07, 6.45) is -0.235. The SMILES string of the molecule is c1ccc(-c2cc3c4ccc(-c5cccc(-c6ccc(C7=NC(c8ccccc8)NC(c8ccccc8)N7)cc6)c5)cc4oc3c3ccccc23)cc1. The summed E-state index contributed by atoms with van der Waals surface area (Å²) in [4.78, 5) is 5.12. The zero-order valence-electron chi connectivity index (χ0n) is 28.9. The van der Waals surface area contributed by atoms with Crippen LogP contribution < -0.4 is 10.6 Å². The quantitative estimate of drug-likeness (QED) is 0.184. The van der Waals surface area contributed by atoms with Gasteiger partial charge in [-0.1, -0.05) is 164 Å². The van der Waals surface area contributed by atoms with E-state index in [4.69, 9.17) is 9.41 Å². The molecule has 9 aromatic rings. The Morgan fingerprint density at radius 1 is 0.415 bits per heavy atom. The van der Waals surface area contributed by atoms with E-state index < -0.39 is 0 Å². The smallest absolute Gasteiger partial charge is 0.143 e. The second kappa shape index (κ2) is 13.1. The molecule has 0 spiro atoms. The number of rotatable bonds is 6. The van der Waals surface area contributed by atoms with Gasteiger partial charge in [-0.15, -0.1) is 0 Å². The van der Waals surface area contributed by atoms with Gasteiger partial charge in [0.15, 0.2) is 0 Å². The predicted molar refractivity (Wildman–Crippen MR) is 219 cm³/mol. The second-order valence-electron chi connectivity index (χ2n) is 13.6. The number of aliphatic imine (C=N–C) groups is 1. The third-order valence-electron chi connectivity index (χ3n) is 10.4. The molecule has 2 atom stereocenters. The van der Waals surface area contributed by atoms with Crippen molar-refractivity contribution in [3.05, 3.63) is 205 Å². The normalized spacial score (nSPS) is 15.7. The third-order valence-corrected chi connectivity index (χ3v) is 10.4. The molecule has 4 nitrogen and oxygen atoms in total. The number of benzene rings is 8. The molecule has 2 N–H and O–H groups in total. The lowest BCUT2D eigenvalue weighted by Crippen LogP contribution is -2.44. The summed E-state index contributed by atoms with van der Waals surface area (Å²) in [5.74, 6) is 0.870. The first-order valence-electron chi connectivity index (χ1n) is 18.1. The maximum atomic E-state index is 6.65. The molecule has 0 saturated carbocycles. The van der Waals surface area contributed by atoms with Crippen molar-refractivity contribution in [2.45, 2.75) is 12.3 Å². The van der Waals surface area contributed by atoms with Crippen LogP contribution in [-0.2, 0) is 0 Å². The maximum absolute atomic E-state index is 6.65. The summed E-state index contributed by atoms with van der Waals surface area (Å²) in [5, 5.41) is 11.9. The Labute approximate surface area is 308 Å². The van der Waals surface area contributed by atoms with Crippen LogP contribution in [0.4, 0.5) is 0 Å². The van der Waals surface area contributed by atoms with Crippen LogP contribution in [0.3, 0.4) is 0 Å². The van der Waals surface area contributed by atoms with Crippen LogP contribution in [0.1, 0.15) is 29.0 Å². The number of furan rings is 1. The van der Waals surface area contributed by atoms with Gasteiger partial charge < -0.3 is 9.73 Å². The molecule has 1 aliphatic rings. The molecule has 53 heavy (non-hydrogen) atoms. The minimum atomic E-state index is -0.164. The minimum absolute atomic E-state index is 0.0704. The average Bonchev–Trinajstić information content (AvgIpc) is 3.62. The fourth-order valence-electron chi connectivity index (χ4n) is 7.66. The minimum Gasteiger partial charge on any atom is -0.455 e. The van der Waals surface area contributed by atoms with Crippen LogP contribution in [0.15, 0.2) is 197 Å². The van der Waals surface area contributed by atoms with Crippen molar-refractivity contribution in [3.8, 4) is 33.4 Å². The number of nitrogens with one attached hydrogen (secondary N) is 2. The van der Waals surface area contributed by atoms with E-state index >= 15 is 0 Å². The second-order valence-corrected chi connectivity index (χ2v) is 13.6. The summed E-state index contributed by atoms with van der Waals surface area (Å²) in [6.45, 7) is 0. The summed E-state index contributed by atoms with van der Waals surface area (Å²) >= 11 is 0. The molecule has 8 aromatic carbocycles. The molecular weight excluding hydrogens is 647 g/mol. The molecule has 252 valence electrons. The number of amidine groups is 1. The first-order chi connectivity index (χ1) is 26.2. The molecule has 1 aromatic heterocycles. The van der Waals surface area contributed by atoms with E-state index in [1.165, 1.54) is 22.1 Å². The predicted octanol–water partition coefficient (Wildman–Crippen LogP) is 12.1. The average molecular weight is 682 g/mol. The Morgan fingerprint density at radius 3 is 1.75 bits per heavy atom. The van der Waals surface area contributed by atoms with Crippen LogP contribution in [0.25, 0.3) is 66.1 Å². The van der Waals surface area contributed by atoms with Crippen molar-refractivity contribution < 1.29 is 4.42 Å². The van der Waals surface area contributed by atoms with Gasteiger partial charge in [-0.05, 0) is 74.2 Å². The first-order valence-corrected chi connectivity index (χ1v) is 18.1. The van der Waals surface area contributed by atoms with E-state index in [-0.39, 0.29) is 12.3 Å². The van der Waals surface area contributed by atoms with E-state index in [9.17, 15) is 0 Å². The van der Waals surface area contributed by atoms with Gasteiger partial charge in [-0.2, -0.15) is 0 Å². The molecular formula is C49H35N3O. The van der Waals surface area contributed by atoms with E-state index in [1.54, 1.807) is 0 Å². The van der Waals surface area contributed by atoms with Crippen molar-refractivity contribution >= 4 is 38.5 Å². The highest BCUT2D eigenvalue weighted by Gasteiger charge is 2.25. The van der Waals surface area contributed by atoms with Crippen molar-refractivity contribution in [2.75, 3.05) is 0 Å². The van der Waals surface area contributed by atoms with E-state index in [1.807, 2.05) is 12.1 Å². The monoisotopic (exact) mass is 681 g/mol. The Balaban J connectivity index is 0.975. The highest BCUT2D eigenvalue weighted by atomic mass is 16.3. The number of hydrogen-bond acceptors (Lipinski definition) is 4. The van der Waals surface area contributed by atoms with Gasteiger partial charge in [-0.25, -0.2) is 4.99 Å². The number of hydrogen-bond donors (Lipinski definition) is 2. The zero-order valence-corrected chi connectivity index (χ0v) is 28.9. The third kappa shape index (κ3) is 5.76. The maximum Gasteiger partial charge on any atom is 0.143 e. The molecule has 0 amide bonds. The van der Waals surface area contributed by atoms with E-state index in [2.05, 4.69) is 187 Å². The molecule has 0 bridgehead atoms. The molecule has 2 heterocycles. The molecule has 0 aliphatic carbocycles. The van der Waals surface area contributed by atoms with Crippen LogP contribution in [-0.4, -0.2) is 5.84 Å². The summed E-state index contributed by atoms with van der Waals surface area (Å²) in [6, 6.07) is 66.4. The van der Waals surface area contributed by atoms with Crippen molar-refractivity contribution in [1.82, 2.24) is 10.6 Å². The first kappa shape index (κ1) is 31.0. The molecule has 0 radical (unpaired) electrons. The van der Waals surface area contributed by atoms with Crippen LogP contribution in [0.2, 0.25) is 0 Å². The van der Waals surface area contributed by atoms with Gasteiger partial charge in [0.25, 0.3) is 0 Å². The van der Waals surface area contributed by atoms with Crippen molar-refractivity contribution in [3.63, 3.8) is 0 Å². The number of nitrogens with zero attached hydrogens (tertiary/aromatic N) is 1. The molecule has 10 rings (SSSR count). The van der Waals surface area contributed by atoms with Crippen LogP contribution in [0, 0.1) is 0 Å². The Morgan fingerprint density at radius 2 is 1.00 bits per heavy atom. The van der Waals surface area contributed by atoms with Gasteiger partial charge in [-0.3, -0.25) is 5.32 Å². The molecule has 2 unspecified atom stereocenters. The van der Waals surface area contributed by atoms with Gasteiger partial charge >= 0.3 is 0 Å². The zero-order chi connectivity index (χ0) is 35.1. The lowest BCUT2D eigenvalue weighted by molar-refractivity contribution is 0.409.